The standard InChI is InChI=1S/C8H11N2/c1-2-4-8-7(3-1)5-9-6-10-8/h1-2,5,8-9H,3-4,6H2. The van der Waals surface area contributed by atoms with E-state index >= 15 is 0 Å². The molecule has 0 aromatic heterocycles. The summed E-state index contributed by atoms with van der Waals surface area (Å²) in [5.41, 5.74) is 1.44. The van der Waals surface area contributed by atoms with Gasteiger partial charge >= 0.3 is 0 Å². The van der Waals surface area contributed by atoms with Crippen LogP contribution >= 0.6 is 0 Å². The van der Waals surface area contributed by atoms with Crippen molar-refractivity contribution >= 4 is 0 Å². The van der Waals surface area contributed by atoms with Crippen molar-refractivity contribution in [2.45, 2.75) is 18.9 Å². The first kappa shape index (κ1) is 5.98. The van der Waals surface area contributed by atoms with E-state index in [1.165, 1.54) is 5.57 Å². The second kappa shape index (κ2) is 2.46. The van der Waals surface area contributed by atoms with Crippen LogP contribution in [0.5, 0.6) is 0 Å². The lowest BCUT2D eigenvalue weighted by Crippen LogP contribution is -2.36. The largest absolute Gasteiger partial charge is 0.377 e. The molecule has 1 atom stereocenters. The Balaban J connectivity index is 2.17. The Kier molecular flexibility index (Phi) is 1.47. The molecular weight excluding hydrogens is 124 g/mol. The number of hydrogen-bond acceptors (Lipinski definition) is 1. The van der Waals surface area contributed by atoms with E-state index in [0.717, 1.165) is 19.5 Å². The molecular formula is C8H11N2. The second-order valence-corrected chi connectivity index (χ2v) is 2.69. The highest BCUT2D eigenvalue weighted by Crippen LogP contribution is 2.19. The lowest BCUT2D eigenvalue weighted by Gasteiger charge is -2.25. The number of nitrogens with one attached hydrogen (secondary N) is 1. The molecule has 0 amide bonds. The van der Waals surface area contributed by atoms with E-state index in [9.17, 15) is 0 Å². The molecule has 1 heterocycles. The van der Waals surface area contributed by atoms with E-state index in [4.69, 9.17) is 0 Å². The van der Waals surface area contributed by atoms with E-state index in [0.29, 0.717) is 6.04 Å². The average molecular weight is 135 g/mol. The van der Waals surface area contributed by atoms with E-state index in [1.807, 2.05) is 0 Å². The van der Waals surface area contributed by atoms with Crippen molar-refractivity contribution in [2.24, 2.45) is 0 Å². The summed E-state index contributed by atoms with van der Waals surface area (Å²) in [7, 11) is 0. The summed E-state index contributed by atoms with van der Waals surface area (Å²) in [6.45, 7) is 0.794. The molecule has 1 radical (unpaired) electrons. The van der Waals surface area contributed by atoms with Crippen LogP contribution in [0, 0.1) is 0 Å². The lowest BCUT2D eigenvalue weighted by atomic mass is 9.95. The van der Waals surface area contributed by atoms with Gasteiger partial charge in [0.05, 0.1) is 12.7 Å². The zero-order valence-corrected chi connectivity index (χ0v) is 5.88. The number of rotatable bonds is 0. The van der Waals surface area contributed by atoms with Gasteiger partial charge in [-0.2, -0.15) is 0 Å². The minimum atomic E-state index is 0.492. The highest BCUT2D eigenvalue weighted by Gasteiger charge is 2.17. The number of nitrogens with zero attached hydrogens (tertiary/aromatic N) is 1. The van der Waals surface area contributed by atoms with Gasteiger partial charge in [-0.3, -0.25) is 0 Å². The van der Waals surface area contributed by atoms with Crippen LogP contribution in [-0.2, 0) is 0 Å². The first-order valence-corrected chi connectivity index (χ1v) is 3.71. The Morgan fingerprint density at radius 3 is 3.40 bits per heavy atom. The summed E-state index contributed by atoms with van der Waals surface area (Å²) in [4.78, 5) is 0. The molecule has 10 heavy (non-hydrogen) atoms. The topological polar surface area (TPSA) is 26.1 Å². The number of fused-ring (bicyclic) bond motifs is 1. The van der Waals surface area contributed by atoms with Crippen molar-refractivity contribution in [1.29, 1.82) is 0 Å². The Morgan fingerprint density at radius 1 is 1.50 bits per heavy atom. The summed E-state index contributed by atoms with van der Waals surface area (Å²) in [6, 6.07) is 0.492. The first-order valence-electron chi connectivity index (χ1n) is 3.71. The minimum Gasteiger partial charge on any atom is -0.377 e. The quantitative estimate of drug-likeness (QED) is 0.487. The molecule has 2 aliphatic rings. The van der Waals surface area contributed by atoms with Crippen molar-refractivity contribution in [3.05, 3.63) is 23.9 Å². The van der Waals surface area contributed by atoms with E-state index in [-0.39, 0.29) is 0 Å². The van der Waals surface area contributed by atoms with E-state index in [1.54, 1.807) is 0 Å². The van der Waals surface area contributed by atoms with Gasteiger partial charge < -0.3 is 5.32 Å². The van der Waals surface area contributed by atoms with Crippen LogP contribution in [-0.4, -0.2) is 12.7 Å². The van der Waals surface area contributed by atoms with Crippen LogP contribution in [0.2, 0.25) is 0 Å². The third kappa shape index (κ3) is 0.948. The van der Waals surface area contributed by atoms with Crippen molar-refractivity contribution < 1.29 is 0 Å². The lowest BCUT2D eigenvalue weighted by molar-refractivity contribution is 0.497. The number of hydrogen-bond donors (Lipinski definition) is 1. The van der Waals surface area contributed by atoms with Crippen molar-refractivity contribution in [1.82, 2.24) is 10.6 Å². The molecule has 1 aliphatic heterocycles. The Morgan fingerprint density at radius 2 is 2.50 bits per heavy atom. The SMILES string of the molecule is C1=CCC2[N]CNC=C2C1. The van der Waals surface area contributed by atoms with Crippen molar-refractivity contribution in [2.75, 3.05) is 6.67 Å². The summed E-state index contributed by atoms with van der Waals surface area (Å²) in [5, 5.41) is 7.54. The van der Waals surface area contributed by atoms with Crippen LogP contribution in [0.25, 0.3) is 0 Å². The third-order valence-electron chi connectivity index (χ3n) is 2.00. The molecule has 2 rings (SSSR count). The van der Waals surface area contributed by atoms with E-state index in [2.05, 4.69) is 29.0 Å². The predicted octanol–water partition coefficient (Wildman–Crippen LogP) is 0.754. The zero-order valence-electron chi connectivity index (χ0n) is 5.88. The molecule has 0 bridgehead atoms. The second-order valence-electron chi connectivity index (χ2n) is 2.69. The molecule has 1 aliphatic carbocycles. The molecule has 0 saturated carbocycles. The fourth-order valence-electron chi connectivity index (χ4n) is 1.42. The minimum absolute atomic E-state index is 0.492. The Bertz CT molecular complexity index is 182. The molecule has 0 aromatic carbocycles. The molecule has 0 fully saturated rings. The van der Waals surface area contributed by atoms with Crippen LogP contribution in [0.3, 0.4) is 0 Å². The van der Waals surface area contributed by atoms with Gasteiger partial charge in [-0.05, 0) is 24.6 Å². The summed E-state index contributed by atoms with van der Waals surface area (Å²) >= 11 is 0. The molecule has 1 unspecified atom stereocenters. The van der Waals surface area contributed by atoms with Crippen LogP contribution < -0.4 is 10.6 Å². The van der Waals surface area contributed by atoms with Gasteiger partial charge in [-0.1, -0.05) is 12.2 Å². The first-order chi connectivity index (χ1) is 4.97. The Labute approximate surface area is 61.0 Å². The monoisotopic (exact) mass is 135 g/mol. The maximum atomic E-state index is 4.42. The molecule has 1 N–H and O–H groups in total. The molecule has 2 heteroatoms. The highest BCUT2D eigenvalue weighted by molar-refractivity contribution is 5.21. The van der Waals surface area contributed by atoms with Crippen molar-refractivity contribution in [3.63, 3.8) is 0 Å². The van der Waals surface area contributed by atoms with Gasteiger partial charge in [-0.15, -0.1) is 0 Å². The maximum absolute atomic E-state index is 4.42. The summed E-state index contributed by atoms with van der Waals surface area (Å²) in [5.74, 6) is 0. The van der Waals surface area contributed by atoms with Crippen LogP contribution in [0.15, 0.2) is 23.9 Å². The van der Waals surface area contributed by atoms with E-state index < -0.39 is 0 Å². The van der Waals surface area contributed by atoms with Crippen LogP contribution in [0.4, 0.5) is 0 Å². The molecule has 0 spiro atoms. The Hall–Kier alpha value is -0.760. The molecule has 2 nitrogen and oxygen atoms in total. The maximum Gasteiger partial charge on any atom is 0.0817 e. The average Bonchev–Trinajstić information content (AvgIpc) is 2.05. The smallest absolute Gasteiger partial charge is 0.0817 e. The van der Waals surface area contributed by atoms with Gasteiger partial charge in [-0.25, -0.2) is 5.32 Å². The summed E-state index contributed by atoms with van der Waals surface area (Å²) < 4.78 is 0. The van der Waals surface area contributed by atoms with Gasteiger partial charge in [0.2, 0.25) is 0 Å². The fraction of sp³-hybridized carbons (Fsp3) is 0.500. The molecule has 53 valence electrons. The number of allylic oxidation sites excluding steroid dienone is 1. The molecule has 0 saturated heterocycles. The molecule has 0 aromatic rings. The zero-order chi connectivity index (χ0) is 6.81. The predicted molar refractivity (Wildman–Crippen MR) is 40.4 cm³/mol. The highest BCUT2D eigenvalue weighted by atomic mass is 15.1. The third-order valence-corrected chi connectivity index (χ3v) is 2.00. The van der Waals surface area contributed by atoms with Crippen molar-refractivity contribution in [3.8, 4) is 0 Å². The van der Waals surface area contributed by atoms with Gasteiger partial charge in [0.25, 0.3) is 0 Å². The van der Waals surface area contributed by atoms with Gasteiger partial charge in [0.15, 0.2) is 0 Å². The van der Waals surface area contributed by atoms with Gasteiger partial charge in [0.1, 0.15) is 0 Å². The summed E-state index contributed by atoms with van der Waals surface area (Å²) in [6.07, 6.45) is 8.73. The normalized spacial score (nSPS) is 30.4. The van der Waals surface area contributed by atoms with Gasteiger partial charge in [0, 0.05) is 0 Å². The fourth-order valence-corrected chi connectivity index (χ4v) is 1.42. The van der Waals surface area contributed by atoms with Crippen LogP contribution in [0.1, 0.15) is 12.8 Å².